The summed E-state index contributed by atoms with van der Waals surface area (Å²) in [5.74, 6) is 0.00847. The topological polar surface area (TPSA) is 41.1 Å². The minimum Gasteiger partial charge on any atom is -0.326 e. The van der Waals surface area contributed by atoms with E-state index in [1.165, 1.54) is 42.4 Å². The van der Waals surface area contributed by atoms with Gasteiger partial charge in [0.15, 0.2) is 0 Å². The minimum absolute atomic E-state index is 0.00847. The van der Waals surface area contributed by atoms with E-state index in [-0.39, 0.29) is 5.91 Å². The van der Waals surface area contributed by atoms with Gasteiger partial charge in [0.1, 0.15) is 0 Å². The quantitative estimate of drug-likeness (QED) is 0.688. The van der Waals surface area contributed by atoms with E-state index in [1.54, 1.807) is 6.92 Å². The van der Waals surface area contributed by atoms with Gasteiger partial charge in [-0.05, 0) is 67.8 Å². The third-order valence-corrected chi connectivity index (χ3v) is 5.21. The molecule has 0 saturated heterocycles. The molecule has 3 heteroatoms. The normalized spacial score (nSPS) is 16.1. The SMILES string of the molecule is CC(=O)Nc1cccc2c1CCC(NCCCCCc1ccccc1)C2. The third-order valence-electron chi connectivity index (χ3n) is 5.21. The molecule has 0 spiro atoms. The number of aryl methyl sites for hydroxylation is 1. The van der Waals surface area contributed by atoms with Crippen LogP contribution in [0.5, 0.6) is 0 Å². The number of anilines is 1. The van der Waals surface area contributed by atoms with Crippen LogP contribution in [-0.4, -0.2) is 18.5 Å². The highest BCUT2D eigenvalue weighted by Crippen LogP contribution is 2.28. The molecule has 1 aliphatic rings. The van der Waals surface area contributed by atoms with Crippen molar-refractivity contribution in [2.24, 2.45) is 0 Å². The van der Waals surface area contributed by atoms with Crippen LogP contribution >= 0.6 is 0 Å². The largest absolute Gasteiger partial charge is 0.326 e. The Labute approximate surface area is 157 Å². The van der Waals surface area contributed by atoms with Crippen LogP contribution in [0.1, 0.15) is 49.3 Å². The van der Waals surface area contributed by atoms with Gasteiger partial charge in [-0.2, -0.15) is 0 Å². The molecule has 0 radical (unpaired) electrons. The monoisotopic (exact) mass is 350 g/mol. The maximum atomic E-state index is 11.4. The highest BCUT2D eigenvalue weighted by Gasteiger charge is 2.20. The zero-order valence-corrected chi connectivity index (χ0v) is 15.8. The molecule has 0 aliphatic heterocycles. The molecular formula is C23H30N2O. The molecule has 138 valence electrons. The number of carbonyl (C=O) groups is 1. The van der Waals surface area contributed by atoms with Crippen LogP contribution in [0.4, 0.5) is 5.69 Å². The number of carbonyl (C=O) groups excluding carboxylic acids is 1. The van der Waals surface area contributed by atoms with E-state index in [9.17, 15) is 4.79 Å². The van der Waals surface area contributed by atoms with Gasteiger partial charge in [-0.3, -0.25) is 4.79 Å². The molecule has 3 nitrogen and oxygen atoms in total. The van der Waals surface area contributed by atoms with Crippen molar-refractivity contribution in [3.63, 3.8) is 0 Å². The number of rotatable bonds is 8. The Morgan fingerprint density at radius 3 is 2.69 bits per heavy atom. The number of fused-ring (bicyclic) bond motifs is 1. The van der Waals surface area contributed by atoms with Gasteiger partial charge in [-0.15, -0.1) is 0 Å². The second-order valence-corrected chi connectivity index (χ2v) is 7.31. The van der Waals surface area contributed by atoms with Gasteiger partial charge in [-0.1, -0.05) is 48.9 Å². The lowest BCUT2D eigenvalue weighted by atomic mass is 9.87. The number of nitrogens with one attached hydrogen (secondary N) is 2. The van der Waals surface area contributed by atoms with Crippen LogP contribution < -0.4 is 10.6 Å². The lowest BCUT2D eigenvalue weighted by Gasteiger charge is -2.27. The molecule has 3 rings (SSSR count). The summed E-state index contributed by atoms with van der Waals surface area (Å²) in [7, 11) is 0. The second-order valence-electron chi connectivity index (χ2n) is 7.31. The summed E-state index contributed by atoms with van der Waals surface area (Å²) < 4.78 is 0. The fourth-order valence-electron chi connectivity index (χ4n) is 3.87. The van der Waals surface area contributed by atoms with Crippen LogP contribution in [0, 0.1) is 0 Å². The van der Waals surface area contributed by atoms with Crippen molar-refractivity contribution in [3.8, 4) is 0 Å². The molecular weight excluding hydrogens is 320 g/mol. The molecule has 2 aromatic carbocycles. The molecule has 26 heavy (non-hydrogen) atoms. The van der Waals surface area contributed by atoms with Crippen molar-refractivity contribution in [3.05, 3.63) is 65.2 Å². The predicted molar refractivity (Wildman–Crippen MR) is 109 cm³/mol. The Hall–Kier alpha value is -2.13. The van der Waals surface area contributed by atoms with E-state index < -0.39 is 0 Å². The van der Waals surface area contributed by atoms with E-state index >= 15 is 0 Å². The highest BCUT2D eigenvalue weighted by molar-refractivity contribution is 5.89. The summed E-state index contributed by atoms with van der Waals surface area (Å²) in [5, 5.41) is 6.70. The summed E-state index contributed by atoms with van der Waals surface area (Å²) in [6.07, 6.45) is 8.21. The molecule has 0 fully saturated rings. The zero-order valence-electron chi connectivity index (χ0n) is 15.8. The van der Waals surface area contributed by atoms with Crippen molar-refractivity contribution < 1.29 is 4.79 Å². The summed E-state index contributed by atoms with van der Waals surface area (Å²) >= 11 is 0. The summed E-state index contributed by atoms with van der Waals surface area (Å²) in [6.45, 7) is 2.67. The van der Waals surface area contributed by atoms with Crippen LogP contribution in [0.25, 0.3) is 0 Å². The molecule has 1 unspecified atom stereocenters. The Morgan fingerprint density at radius 1 is 1.04 bits per heavy atom. The van der Waals surface area contributed by atoms with E-state index in [4.69, 9.17) is 0 Å². The lowest BCUT2D eigenvalue weighted by Crippen LogP contribution is -2.35. The van der Waals surface area contributed by atoms with Crippen molar-refractivity contribution in [1.29, 1.82) is 0 Å². The van der Waals surface area contributed by atoms with Crippen LogP contribution in [0.3, 0.4) is 0 Å². The average molecular weight is 351 g/mol. The van der Waals surface area contributed by atoms with Gasteiger partial charge in [0.05, 0.1) is 0 Å². The maximum absolute atomic E-state index is 11.4. The Bertz CT molecular complexity index is 711. The van der Waals surface area contributed by atoms with Gasteiger partial charge in [0.2, 0.25) is 5.91 Å². The molecule has 2 aromatic rings. The molecule has 0 heterocycles. The van der Waals surface area contributed by atoms with Gasteiger partial charge in [-0.25, -0.2) is 0 Å². The fourth-order valence-corrected chi connectivity index (χ4v) is 3.87. The smallest absolute Gasteiger partial charge is 0.221 e. The first-order valence-corrected chi connectivity index (χ1v) is 9.88. The second kappa shape index (κ2) is 9.54. The number of hydrogen-bond acceptors (Lipinski definition) is 2. The Kier molecular flexibility index (Phi) is 6.84. The number of benzene rings is 2. The number of amides is 1. The molecule has 1 amide bonds. The standard InChI is InChI=1S/C23H30N2O/c1-18(26)25-23-13-8-12-20-17-21(14-15-22(20)23)24-16-7-3-6-11-19-9-4-2-5-10-19/h2,4-5,8-10,12-13,21,24H,3,6-7,11,14-17H2,1H3,(H,25,26). The first-order valence-electron chi connectivity index (χ1n) is 9.88. The number of unbranched alkanes of at least 4 members (excludes halogenated alkanes) is 2. The molecule has 0 bridgehead atoms. The first-order chi connectivity index (χ1) is 12.7. The molecule has 2 N–H and O–H groups in total. The Morgan fingerprint density at radius 2 is 1.88 bits per heavy atom. The number of hydrogen-bond donors (Lipinski definition) is 2. The summed E-state index contributed by atoms with van der Waals surface area (Å²) in [4.78, 5) is 11.4. The summed E-state index contributed by atoms with van der Waals surface area (Å²) in [5.41, 5.74) is 5.14. The molecule has 0 aromatic heterocycles. The van der Waals surface area contributed by atoms with Gasteiger partial charge >= 0.3 is 0 Å². The van der Waals surface area contributed by atoms with Crippen LogP contribution in [-0.2, 0) is 24.1 Å². The van der Waals surface area contributed by atoms with Gasteiger partial charge in [0.25, 0.3) is 0 Å². The van der Waals surface area contributed by atoms with E-state index in [1.807, 2.05) is 6.07 Å². The van der Waals surface area contributed by atoms with Gasteiger partial charge in [0, 0.05) is 18.7 Å². The predicted octanol–water partition coefficient (Wildman–Crippen LogP) is 4.50. The van der Waals surface area contributed by atoms with Crippen LogP contribution in [0.15, 0.2) is 48.5 Å². The van der Waals surface area contributed by atoms with E-state index in [0.29, 0.717) is 6.04 Å². The molecule has 1 atom stereocenters. The zero-order chi connectivity index (χ0) is 18.2. The van der Waals surface area contributed by atoms with Gasteiger partial charge < -0.3 is 10.6 Å². The van der Waals surface area contributed by atoms with Crippen LogP contribution in [0.2, 0.25) is 0 Å². The lowest BCUT2D eigenvalue weighted by molar-refractivity contribution is -0.114. The average Bonchev–Trinajstić information content (AvgIpc) is 2.65. The third kappa shape index (κ3) is 5.43. The van der Waals surface area contributed by atoms with E-state index in [0.717, 1.165) is 31.5 Å². The highest BCUT2D eigenvalue weighted by atomic mass is 16.1. The van der Waals surface area contributed by atoms with E-state index in [2.05, 4.69) is 53.1 Å². The van der Waals surface area contributed by atoms with Crippen molar-refractivity contribution >= 4 is 11.6 Å². The minimum atomic E-state index is 0.00847. The van der Waals surface area contributed by atoms with Crippen molar-refractivity contribution in [2.75, 3.05) is 11.9 Å². The summed E-state index contributed by atoms with van der Waals surface area (Å²) in [6, 6.07) is 17.6. The maximum Gasteiger partial charge on any atom is 0.221 e. The van der Waals surface area contributed by atoms with Crippen molar-refractivity contribution in [2.45, 2.75) is 57.9 Å². The molecule has 0 saturated carbocycles. The molecule has 1 aliphatic carbocycles. The Balaban J connectivity index is 1.38. The fraction of sp³-hybridized carbons (Fsp3) is 0.435. The first kappa shape index (κ1) is 18.7. The van der Waals surface area contributed by atoms with Crippen molar-refractivity contribution in [1.82, 2.24) is 5.32 Å².